The maximum Gasteiger partial charge on any atom is 0.146 e. The first-order chi connectivity index (χ1) is 6.66. The molecule has 0 radical (unpaired) electrons. The van der Waals surface area contributed by atoms with Crippen LogP contribution >= 0.6 is 11.6 Å². The normalized spacial score (nSPS) is 12.1. The first-order valence-corrected chi connectivity index (χ1v) is 4.67. The van der Waals surface area contributed by atoms with Crippen LogP contribution in [-0.2, 0) is 0 Å². The molecule has 0 aromatic heterocycles. The van der Waals surface area contributed by atoms with Gasteiger partial charge in [-0.1, -0.05) is 23.7 Å². The molecule has 0 amide bonds. The lowest BCUT2D eigenvalue weighted by Gasteiger charge is -2.11. The maximum absolute atomic E-state index is 13.4. The van der Waals surface area contributed by atoms with Gasteiger partial charge in [0.2, 0.25) is 0 Å². The second-order valence-corrected chi connectivity index (χ2v) is 3.40. The van der Waals surface area contributed by atoms with Crippen LogP contribution in [0.5, 0.6) is 0 Å². The lowest BCUT2D eigenvalue weighted by atomic mass is 10.0. The summed E-state index contributed by atoms with van der Waals surface area (Å²) in [6.07, 6.45) is 6.20. The van der Waals surface area contributed by atoms with E-state index in [0.29, 0.717) is 18.4 Å². The number of hydrogen-bond acceptors (Lipinski definition) is 1. The van der Waals surface area contributed by atoms with Gasteiger partial charge in [0.25, 0.3) is 0 Å². The fourth-order valence-corrected chi connectivity index (χ4v) is 1.38. The van der Waals surface area contributed by atoms with E-state index in [2.05, 4.69) is 5.92 Å². The summed E-state index contributed by atoms with van der Waals surface area (Å²) in [7, 11) is 0. The van der Waals surface area contributed by atoms with Gasteiger partial charge in [0, 0.05) is 18.0 Å². The monoisotopic (exact) mass is 211 g/mol. The molecule has 74 valence electrons. The Morgan fingerprint density at radius 2 is 2.29 bits per heavy atom. The Morgan fingerprint density at radius 3 is 2.93 bits per heavy atom. The average Bonchev–Trinajstić information content (AvgIpc) is 2.18. The van der Waals surface area contributed by atoms with E-state index in [1.807, 2.05) is 0 Å². The first-order valence-electron chi connectivity index (χ1n) is 4.29. The molecular formula is C11H11ClFN. The van der Waals surface area contributed by atoms with Crippen molar-refractivity contribution < 1.29 is 4.39 Å². The topological polar surface area (TPSA) is 26.0 Å². The van der Waals surface area contributed by atoms with E-state index in [-0.39, 0.29) is 11.1 Å². The summed E-state index contributed by atoms with van der Waals surface area (Å²) in [5.74, 6) is 2.02. The van der Waals surface area contributed by atoms with Crippen LogP contribution in [0.15, 0.2) is 18.2 Å². The first kappa shape index (κ1) is 11.0. The van der Waals surface area contributed by atoms with Crippen LogP contribution in [0.25, 0.3) is 0 Å². The number of hydrogen-bond donors (Lipinski definition) is 1. The van der Waals surface area contributed by atoms with Gasteiger partial charge in [-0.05, 0) is 12.5 Å². The van der Waals surface area contributed by atoms with Crippen molar-refractivity contribution in [3.63, 3.8) is 0 Å². The van der Waals surface area contributed by atoms with Gasteiger partial charge < -0.3 is 5.73 Å². The minimum absolute atomic E-state index is 0.0960. The van der Waals surface area contributed by atoms with E-state index < -0.39 is 5.82 Å². The second-order valence-electron chi connectivity index (χ2n) is 2.99. The molecule has 1 atom stereocenters. The Morgan fingerprint density at radius 1 is 1.57 bits per heavy atom. The molecule has 1 unspecified atom stereocenters. The molecule has 0 saturated carbocycles. The van der Waals surface area contributed by atoms with Crippen LogP contribution in [0, 0.1) is 18.2 Å². The van der Waals surface area contributed by atoms with E-state index in [1.54, 1.807) is 12.1 Å². The Bertz CT molecular complexity index is 357. The largest absolute Gasteiger partial charge is 0.324 e. The molecule has 0 bridgehead atoms. The minimum atomic E-state index is -0.446. The van der Waals surface area contributed by atoms with E-state index in [0.717, 1.165) is 0 Å². The highest BCUT2D eigenvalue weighted by molar-refractivity contribution is 6.30. The standard InChI is InChI=1S/C11H11ClFN/c1-2-3-7-10(14)8-5-4-6-9(12)11(8)13/h1,4-6,10H,3,7,14H2. The summed E-state index contributed by atoms with van der Waals surface area (Å²) in [4.78, 5) is 0. The highest BCUT2D eigenvalue weighted by atomic mass is 35.5. The predicted octanol–water partition coefficient (Wildman–Crippen LogP) is 2.89. The van der Waals surface area contributed by atoms with Crippen LogP contribution in [0.1, 0.15) is 24.4 Å². The predicted molar refractivity (Wildman–Crippen MR) is 56.4 cm³/mol. The molecule has 0 spiro atoms. The smallest absolute Gasteiger partial charge is 0.146 e. The summed E-state index contributed by atoms with van der Waals surface area (Å²) in [6, 6.07) is 4.41. The van der Waals surface area contributed by atoms with Crippen molar-refractivity contribution in [1.82, 2.24) is 0 Å². The lowest BCUT2D eigenvalue weighted by Crippen LogP contribution is -2.11. The SMILES string of the molecule is C#CCCC(N)c1cccc(Cl)c1F. The number of benzene rings is 1. The van der Waals surface area contributed by atoms with E-state index in [9.17, 15) is 4.39 Å². The molecule has 3 heteroatoms. The molecule has 1 aromatic rings. The van der Waals surface area contributed by atoms with Crippen molar-refractivity contribution in [2.75, 3.05) is 0 Å². The zero-order chi connectivity index (χ0) is 10.6. The number of terminal acetylenes is 1. The minimum Gasteiger partial charge on any atom is -0.324 e. The second kappa shape index (κ2) is 4.99. The van der Waals surface area contributed by atoms with Crippen LogP contribution in [0.3, 0.4) is 0 Å². The van der Waals surface area contributed by atoms with Gasteiger partial charge in [-0.2, -0.15) is 0 Å². The van der Waals surface area contributed by atoms with Crippen molar-refractivity contribution in [2.24, 2.45) is 5.73 Å². The van der Waals surface area contributed by atoms with E-state index in [4.69, 9.17) is 23.8 Å². The molecule has 0 aliphatic heterocycles. The Kier molecular flexibility index (Phi) is 3.94. The Labute approximate surface area is 88.1 Å². The van der Waals surface area contributed by atoms with Gasteiger partial charge in [-0.3, -0.25) is 0 Å². The lowest BCUT2D eigenvalue weighted by molar-refractivity contribution is 0.568. The van der Waals surface area contributed by atoms with Crippen molar-refractivity contribution in [3.8, 4) is 12.3 Å². The molecule has 0 aliphatic rings. The molecular weight excluding hydrogens is 201 g/mol. The van der Waals surface area contributed by atoms with Crippen molar-refractivity contribution >= 4 is 11.6 Å². The summed E-state index contributed by atoms with van der Waals surface area (Å²) < 4.78 is 13.4. The maximum atomic E-state index is 13.4. The van der Waals surface area contributed by atoms with Gasteiger partial charge in [-0.25, -0.2) is 4.39 Å². The average molecular weight is 212 g/mol. The zero-order valence-corrected chi connectivity index (χ0v) is 8.39. The summed E-state index contributed by atoms with van der Waals surface area (Å²) in [6.45, 7) is 0. The Balaban J connectivity index is 2.85. The van der Waals surface area contributed by atoms with Crippen molar-refractivity contribution in [2.45, 2.75) is 18.9 Å². The highest BCUT2D eigenvalue weighted by Crippen LogP contribution is 2.24. The fourth-order valence-electron chi connectivity index (χ4n) is 1.20. The molecule has 2 N–H and O–H groups in total. The molecule has 14 heavy (non-hydrogen) atoms. The number of halogens is 2. The third-order valence-electron chi connectivity index (χ3n) is 1.98. The van der Waals surface area contributed by atoms with Gasteiger partial charge in [0.15, 0.2) is 0 Å². The van der Waals surface area contributed by atoms with Crippen LogP contribution in [0.2, 0.25) is 5.02 Å². The third-order valence-corrected chi connectivity index (χ3v) is 2.27. The summed E-state index contributed by atoms with van der Waals surface area (Å²) in [5.41, 5.74) is 6.18. The molecule has 1 rings (SSSR count). The molecule has 1 nitrogen and oxygen atoms in total. The molecule has 0 fully saturated rings. The van der Waals surface area contributed by atoms with Gasteiger partial charge in [-0.15, -0.1) is 12.3 Å². The summed E-state index contributed by atoms with van der Waals surface area (Å²) >= 11 is 5.62. The van der Waals surface area contributed by atoms with Crippen molar-refractivity contribution in [3.05, 3.63) is 34.6 Å². The quantitative estimate of drug-likeness (QED) is 0.765. The number of nitrogens with two attached hydrogens (primary N) is 1. The van der Waals surface area contributed by atoms with Crippen LogP contribution in [0.4, 0.5) is 4.39 Å². The highest BCUT2D eigenvalue weighted by Gasteiger charge is 2.12. The third kappa shape index (κ3) is 2.47. The van der Waals surface area contributed by atoms with E-state index >= 15 is 0 Å². The molecule has 0 aliphatic carbocycles. The molecule has 0 saturated heterocycles. The van der Waals surface area contributed by atoms with E-state index in [1.165, 1.54) is 6.07 Å². The van der Waals surface area contributed by atoms with Crippen LogP contribution < -0.4 is 5.73 Å². The summed E-state index contributed by atoms with van der Waals surface area (Å²) in [5, 5.41) is 0.0960. The fraction of sp³-hybridized carbons (Fsp3) is 0.273. The van der Waals surface area contributed by atoms with Gasteiger partial charge in [0.05, 0.1) is 5.02 Å². The van der Waals surface area contributed by atoms with Crippen LogP contribution in [-0.4, -0.2) is 0 Å². The number of rotatable bonds is 3. The Hall–Kier alpha value is -1.04. The van der Waals surface area contributed by atoms with Gasteiger partial charge in [0.1, 0.15) is 5.82 Å². The molecule has 1 aromatic carbocycles. The van der Waals surface area contributed by atoms with Crippen molar-refractivity contribution in [1.29, 1.82) is 0 Å². The van der Waals surface area contributed by atoms with Gasteiger partial charge >= 0.3 is 0 Å². The molecule has 0 heterocycles. The zero-order valence-electron chi connectivity index (χ0n) is 7.63.